The van der Waals surface area contributed by atoms with Gasteiger partial charge in [-0.15, -0.1) is 22.7 Å². The summed E-state index contributed by atoms with van der Waals surface area (Å²) in [6.45, 7) is 0. The molecule has 0 spiro atoms. The number of amides is 1. The number of aliphatic imine (C=N–C) groups is 1. The van der Waals surface area contributed by atoms with Crippen molar-refractivity contribution in [1.29, 1.82) is 0 Å². The largest absolute Gasteiger partial charge is 0.497 e. The number of fused-ring (bicyclic) bond motifs is 1. The molecule has 0 N–H and O–H groups in total. The lowest BCUT2D eigenvalue weighted by molar-refractivity contribution is -0.113. The van der Waals surface area contributed by atoms with Crippen LogP contribution >= 0.6 is 34.3 Å². The third-order valence-corrected chi connectivity index (χ3v) is 7.24. The van der Waals surface area contributed by atoms with Gasteiger partial charge in [-0.25, -0.2) is 4.99 Å². The highest BCUT2D eigenvalue weighted by molar-refractivity contribution is 7.22. The van der Waals surface area contributed by atoms with Crippen LogP contribution in [0.1, 0.15) is 9.75 Å². The van der Waals surface area contributed by atoms with Gasteiger partial charge in [-0.2, -0.15) is 0 Å². The lowest BCUT2D eigenvalue weighted by Crippen LogP contribution is -2.32. The average molecular weight is 451 g/mol. The van der Waals surface area contributed by atoms with Crippen LogP contribution in [-0.4, -0.2) is 18.9 Å². The van der Waals surface area contributed by atoms with Gasteiger partial charge in [0.05, 0.1) is 22.7 Å². The normalized spacial score (nSPS) is 15.3. The zero-order chi connectivity index (χ0) is 20.7. The fourth-order valence-electron chi connectivity index (χ4n) is 3.31. The lowest BCUT2D eigenvalue weighted by Gasteiger charge is -2.18. The molecule has 0 bridgehead atoms. The van der Waals surface area contributed by atoms with Gasteiger partial charge in [-0.05, 0) is 47.9 Å². The predicted octanol–water partition coefficient (Wildman–Crippen LogP) is 6.46. The molecule has 4 nitrogen and oxygen atoms in total. The van der Waals surface area contributed by atoms with Gasteiger partial charge < -0.3 is 4.74 Å². The molecule has 0 unspecified atom stereocenters. The first kappa shape index (κ1) is 19.1. The zero-order valence-electron chi connectivity index (χ0n) is 15.8. The topological polar surface area (TPSA) is 41.9 Å². The number of benzene rings is 2. The number of rotatable bonds is 4. The summed E-state index contributed by atoms with van der Waals surface area (Å²) >= 11 is 9.82. The van der Waals surface area contributed by atoms with E-state index >= 15 is 0 Å². The molecule has 5 rings (SSSR count). The van der Waals surface area contributed by atoms with Crippen molar-refractivity contribution in [3.05, 3.63) is 86.5 Å². The van der Waals surface area contributed by atoms with Crippen molar-refractivity contribution in [3.63, 3.8) is 0 Å². The van der Waals surface area contributed by atoms with Crippen LogP contribution in [0.5, 0.6) is 5.75 Å². The number of methoxy groups -OCH3 is 1. The van der Waals surface area contributed by atoms with E-state index in [0.717, 1.165) is 25.6 Å². The second kappa shape index (κ2) is 7.72. The number of anilines is 1. The van der Waals surface area contributed by atoms with E-state index in [-0.39, 0.29) is 5.91 Å². The summed E-state index contributed by atoms with van der Waals surface area (Å²) in [5, 5.41) is 3.54. The van der Waals surface area contributed by atoms with Gasteiger partial charge >= 0.3 is 0 Å². The van der Waals surface area contributed by atoms with Gasteiger partial charge in [0.2, 0.25) is 0 Å². The summed E-state index contributed by atoms with van der Waals surface area (Å²) in [6.07, 6.45) is 1.82. The maximum absolute atomic E-state index is 13.4. The molecule has 0 atom stereocenters. The first-order chi connectivity index (χ1) is 14.7. The fraction of sp³-hybridized carbons (Fsp3) is 0.0435. The number of ether oxygens (including phenoxy) is 1. The minimum absolute atomic E-state index is 0.183. The van der Waals surface area contributed by atoms with Gasteiger partial charge in [-0.1, -0.05) is 35.9 Å². The van der Waals surface area contributed by atoms with Crippen molar-refractivity contribution in [2.75, 3.05) is 12.0 Å². The average Bonchev–Trinajstić information content (AvgIpc) is 3.48. The van der Waals surface area contributed by atoms with Gasteiger partial charge in [-0.3, -0.25) is 9.69 Å². The minimum Gasteiger partial charge on any atom is -0.497 e. The van der Waals surface area contributed by atoms with Gasteiger partial charge in [0.1, 0.15) is 11.4 Å². The van der Waals surface area contributed by atoms with E-state index in [9.17, 15) is 4.79 Å². The Morgan fingerprint density at radius 1 is 1.07 bits per heavy atom. The second-order valence-electron chi connectivity index (χ2n) is 6.56. The van der Waals surface area contributed by atoms with E-state index in [1.54, 1.807) is 23.3 Å². The quantitative estimate of drug-likeness (QED) is 0.335. The number of thiophene rings is 2. The van der Waals surface area contributed by atoms with Crippen molar-refractivity contribution >= 4 is 67.9 Å². The number of carbonyl (C=O) groups is 1. The molecule has 0 saturated carbocycles. The zero-order valence-corrected chi connectivity index (χ0v) is 18.2. The number of amidine groups is 1. The summed E-state index contributed by atoms with van der Waals surface area (Å²) < 4.78 is 6.31. The minimum atomic E-state index is -0.183. The van der Waals surface area contributed by atoms with Crippen LogP contribution in [0, 0.1) is 0 Å². The summed E-state index contributed by atoms with van der Waals surface area (Å²) in [7, 11) is 1.61. The van der Waals surface area contributed by atoms with Crippen LogP contribution in [-0.2, 0) is 4.79 Å². The number of carbonyl (C=O) groups excluding carboxylic acids is 1. The van der Waals surface area contributed by atoms with Crippen LogP contribution in [0.4, 0.5) is 5.69 Å². The molecule has 7 heteroatoms. The fourth-order valence-corrected chi connectivity index (χ4v) is 5.45. The van der Waals surface area contributed by atoms with E-state index in [2.05, 4.69) is 0 Å². The standard InChI is InChI=1S/C23H15ClN2O2S2/c1-28-15-10-8-14(9-11-15)26-22(21-20(24)17-6-2-3-7-19(17)30-21)25-18(23(26)27)13-16-5-4-12-29-16/h2-13H,1H3/b18-13+. The molecule has 0 radical (unpaired) electrons. The Bertz CT molecular complexity index is 1300. The Hall–Kier alpha value is -2.93. The van der Waals surface area contributed by atoms with Crippen LogP contribution in [0.15, 0.2) is 76.7 Å². The lowest BCUT2D eigenvalue weighted by atomic mass is 10.2. The molecule has 2 aromatic heterocycles. The van der Waals surface area contributed by atoms with Crippen LogP contribution in [0.3, 0.4) is 0 Å². The summed E-state index contributed by atoms with van der Waals surface area (Å²) in [5.41, 5.74) is 1.10. The molecular formula is C23H15ClN2O2S2. The van der Waals surface area contributed by atoms with E-state index < -0.39 is 0 Å². The van der Waals surface area contributed by atoms with Crippen molar-refractivity contribution in [1.82, 2.24) is 0 Å². The van der Waals surface area contributed by atoms with Gasteiger partial charge in [0.25, 0.3) is 5.91 Å². The Labute approximate surface area is 186 Å². The highest BCUT2D eigenvalue weighted by Gasteiger charge is 2.35. The second-order valence-corrected chi connectivity index (χ2v) is 8.97. The molecule has 0 aliphatic carbocycles. The number of hydrogen-bond donors (Lipinski definition) is 0. The van der Waals surface area contributed by atoms with E-state index in [1.807, 2.05) is 72.1 Å². The first-order valence-electron chi connectivity index (χ1n) is 9.15. The molecule has 1 amide bonds. The first-order valence-corrected chi connectivity index (χ1v) is 11.2. The van der Waals surface area contributed by atoms with Gasteiger partial charge in [0.15, 0.2) is 5.84 Å². The molecule has 0 fully saturated rings. The van der Waals surface area contributed by atoms with Crippen molar-refractivity contribution in [2.24, 2.45) is 4.99 Å². The highest BCUT2D eigenvalue weighted by Crippen LogP contribution is 2.39. The molecule has 4 aromatic rings. The Kier molecular flexibility index (Phi) is 4.90. The Morgan fingerprint density at radius 3 is 2.57 bits per heavy atom. The monoisotopic (exact) mass is 450 g/mol. The van der Waals surface area contributed by atoms with Crippen LogP contribution in [0.2, 0.25) is 5.02 Å². The van der Waals surface area contributed by atoms with E-state index in [0.29, 0.717) is 22.2 Å². The van der Waals surface area contributed by atoms with Gasteiger partial charge in [0, 0.05) is 15.0 Å². The molecule has 0 saturated heterocycles. The Balaban J connectivity index is 1.68. The maximum Gasteiger partial charge on any atom is 0.282 e. The summed E-state index contributed by atoms with van der Waals surface area (Å²) in [6, 6.07) is 19.2. The third-order valence-electron chi connectivity index (χ3n) is 4.75. The predicted molar refractivity (Wildman–Crippen MR) is 126 cm³/mol. The molecule has 148 valence electrons. The van der Waals surface area contributed by atoms with Crippen LogP contribution < -0.4 is 9.64 Å². The van der Waals surface area contributed by atoms with Crippen LogP contribution in [0.25, 0.3) is 16.2 Å². The highest BCUT2D eigenvalue weighted by atomic mass is 35.5. The van der Waals surface area contributed by atoms with Crippen molar-refractivity contribution in [3.8, 4) is 5.75 Å². The number of nitrogens with zero attached hydrogens (tertiary/aromatic N) is 2. The molecule has 3 heterocycles. The van der Waals surface area contributed by atoms with E-state index in [1.165, 1.54) is 11.3 Å². The summed E-state index contributed by atoms with van der Waals surface area (Å²) in [4.78, 5) is 21.5. The third kappa shape index (κ3) is 3.23. The Morgan fingerprint density at radius 2 is 1.87 bits per heavy atom. The van der Waals surface area contributed by atoms with E-state index in [4.69, 9.17) is 21.3 Å². The number of halogens is 1. The molecule has 2 aromatic carbocycles. The molecular weight excluding hydrogens is 436 g/mol. The maximum atomic E-state index is 13.4. The summed E-state index contributed by atoms with van der Waals surface area (Å²) in [5.74, 6) is 1.08. The molecule has 1 aliphatic rings. The van der Waals surface area contributed by atoms with Crippen molar-refractivity contribution in [2.45, 2.75) is 0 Å². The molecule has 1 aliphatic heterocycles. The smallest absolute Gasteiger partial charge is 0.282 e. The molecule has 30 heavy (non-hydrogen) atoms. The van der Waals surface area contributed by atoms with Crippen molar-refractivity contribution < 1.29 is 9.53 Å². The number of hydrogen-bond acceptors (Lipinski definition) is 5. The SMILES string of the molecule is COc1ccc(N2C(=O)/C(=C\c3cccs3)N=C2c2sc3ccccc3c2Cl)cc1.